The van der Waals surface area contributed by atoms with Crippen LogP contribution in [0.1, 0.15) is 37.0 Å². The van der Waals surface area contributed by atoms with Gasteiger partial charge in [-0.25, -0.2) is 12.8 Å². The van der Waals surface area contributed by atoms with Gasteiger partial charge in [-0.15, -0.1) is 0 Å². The van der Waals surface area contributed by atoms with E-state index in [4.69, 9.17) is 23.2 Å². The quantitative estimate of drug-likeness (QED) is 0.162. The number of halogens is 3. The molecule has 0 radical (unpaired) electrons. The molecule has 0 saturated heterocycles. The van der Waals surface area contributed by atoms with E-state index in [0.717, 1.165) is 21.5 Å². The fraction of sp³-hybridized carbons (Fsp3) is 0.257. The van der Waals surface area contributed by atoms with Crippen LogP contribution in [0.2, 0.25) is 10.0 Å². The summed E-state index contributed by atoms with van der Waals surface area (Å²) in [5, 5.41) is 3.50. The van der Waals surface area contributed by atoms with Gasteiger partial charge < -0.3 is 10.2 Å². The lowest BCUT2D eigenvalue weighted by molar-refractivity contribution is -0.140. The Bertz CT molecular complexity index is 1750. The Kier molecular flexibility index (Phi) is 11.8. The molecular weight excluding hydrogens is 648 g/mol. The number of hydrogen-bond acceptors (Lipinski definition) is 4. The van der Waals surface area contributed by atoms with Crippen LogP contribution in [0.4, 0.5) is 10.1 Å². The van der Waals surface area contributed by atoms with E-state index >= 15 is 4.39 Å². The van der Waals surface area contributed by atoms with Crippen LogP contribution in [0.3, 0.4) is 0 Å². The second kappa shape index (κ2) is 15.6. The highest BCUT2D eigenvalue weighted by Crippen LogP contribution is 2.30. The predicted molar refractivity (Wildman–Crippen MR) is 181 cm³/mol. The smallest absolute Gasteiger partial charge is 0.264 e. The Morgan fingerprint density at radius 1 is 0.870 bits per heavy atom. The summed E-state index contributed by atoms with van der Waals surface area (Å²) in [6.07, 6.45) is 0.755. The van der Waals surface area contributed by atoms with Crippen LogP contribution in [0.5, 0.6) is 0 Å². The maximum absolute atomic E-state index is 15.3. The summed E-state index contributed by atoms with van der Waals surface area (Å²) in [6, 6.07) is 24.1. The van der Waals surface area contributed by atoms with Crippen LogP contribution in [-0.2, 0) is 32.6 Å². The van der Waals surface area contributed by atoms with E-state index in [1.54, 1.807) is 30.3 Å². The third-order valence-electron chi connectivity index (χ3n) is 7.67. The third kappa shape index (κ3) is 8.46. The van der Waals surface area contributed by atoms with Crippen molar-refractivity contribution in [1.29, 1.82) is 0 Å². The fourth-order valence-corrected chi connectivity index (χ4v) is 6.79. The Morgan fingerprint density at radius 3 is 2.09 bits per heavy atom. The SMILES string of the molecule is CC[C@@H](C)NC(=O)[C@H](Cc1ccccc1)N(Cc1c(Cl)cccc1Cl)C(=O)CN(c1ccccc1F)S(=O)(=O)c1ccc(C)cc1. The van der Waals surface area contributed by atoms with E-state index in [-0.39, 0.29) is 39.6 Å². The number of para-hydroxylation sites is 1. The van der Waals surface area contributed by atoms with Crippen molar-refractivity contribution in [3.8, 4) is 0 Å². The van der Waals surface area contributed by atoms with Gasteiger partial charge in [0.05, 0.1) is 10.6 Å². The molecule has 0 saturated carbocycles. The molecule has 7 nitrogen and oxygen atoms in total. The summed E-state index contributed by atoms with van der Waals surface area (Å²) in [4.78, 5) is 29.6. The number of nitrogens with zero attached hydrogens (tertiary/aromatic N) is 2. The zero-order chi connectivity index (χ0) is 33.4. The van der Waals surface area contributed by atoms with Gasteiger partial charge in [0.25, 0.3) is 10.0 Å². The molecule has 2 atom stereocenters. The summed E-state index contributed by atoms with van der Waals surface area (Å²) >= 11 is 13.1. The molecule has 46 heavy (non-hydrogen) atoms. The number of benzene rings is 4. The van der Waals surface area contributed by atoms with Crippen LogP contribution >= 0.6 is 23.2 Å². The van der Waals surface area contributed by atoms with Crippen LogP contribution in [0.15, 0.2) is 102 Å². The lowest BCUT2D eigenvalue weighted by Gasteiger charge is -2.34. The average Bonchev–Trinajstić information content (AvgIpc) is 3.03. The molecule has 4 rings (SSSR count). The molecule has 4 aromatic carbocycles. The van der Waals surface area contributed by atoms with E-state index in [2.05, 4.69) is 5.32 Å². The number of sulfonamides is 1. The van der Waals surface area contributed by atoms with Crippen molar-refractivity contribution in [2.45, 2.75) is 57.1 Å². The topological polar surface area (TPSA) is 86.8 Å². The predicted octanol–water partition coefficient (Wildman–Crippen LogP) is 7.19. The zero-order valence-electron chi connectivity index (χ0n) is 25.8. The molecule has 0 spiro atoms. The van der Waals surface area contributed by atoms with Gasteiger partial charge in [-0.3, -0.25) is 13.9 Å². The highest BCUT2D eigenvalue weighted by atomic mass is 35.5. The molecule has 0 aliphatic rings. The van der Waals surface area contributed by atoms with Crippen LogP contribution < -0.4 is 9.62 Å². The van der Waals surface area contributed by atoms with E-state index in [0.29, 0.717) is 12.0 Å². The molecule has 4 aromatic rings. The molecule has 11 heteroatoms. The molecule has 2 amide bonds. The number of rotatable bonds is 13. The molecule has 0 bridgehead atoms. The first-order valence-corrected chi connectivity index (χ1v) is 17.0. The Morgan fingerprint density at radius 2 is 1.48 bits per heavy atom. The lowest BCUT2D eigenvalue weighted by Crippen LogP contribution is -2.54. The van der Waals surface area contributed by atoms with Crippen LogP contribution in [0, 0.1) is 12.7 Å². The minimum Gasteiger partial charge on any atom is -0.352 e. The minimum absolute atomic E-state index is 0.112. The lowest BCUT2D eigenvalue weighted by atomic mass is 10.0. The fourth-order valence-electron chi connectivity index (χ4n) is 4.85. The average molecular weight is 685 g/mol. The first-order chi connectivity index (χ1) is 21.9. The molecule has 0 heterocycles. The molecule has 1 N–H and O–H groups in total. The maximum atomic E-state index is 15.3. The van der Waals surface area contributed by atoms with Gasteiger partial charge in [0.2, 0.25) is 11.8 Å². The van der Waals surface area contributed by atoms with Crippen molar-refractivity contribution in [1.82, 2.24) is 10.2 Å². The normalized spacial score (nSPS) is 12.7. The highest BCUT2D eigenvalue weighted by molar-refractivity contribution is 7.92. The second-order valence-corrected chi connectivity index (χ2v) is 13.7. The largest absolute Gasteiger partial charge is 0.352 e. The van der Waals surface area contributed by atoms with Gasteiger partial charge in [0.15, 0.2) is 0 Å². The molecule has 0 aliphatic heterocycles. The van der Waals surface area contributed by atoms with Gasteiger partial charge in [-0.05, 0) is 62.2 Å². The van der Waals surface area contributed by atoms with Crippen LogP contribution in [0.25, 0.3) is 0 Å². The van der Waals surface area contributed by atoms with Gasteiger partial charge in [-0.2, -0.15) is 0 Å². The van der Waals surface area contributed by atoms with Gasteiger partial charge in [-0.1, -0.05) is 96.4 Å². The van der Waals surface area contributed by atoms with E-state index < -0.39 is 40.2 Å². The first-order valence-electron chi connectivity index (χ1n) is 14.8. The van der Waals surface area contributed by atoms with Crippen molar-refractivity contribution >= 4 is 50.7 Å². The Labute approximate surface area is 280 Å². The van der Waals surface area contributed by atoms with E-state index in [1.807, 2.05) is 51.1 Å². The summed E-state index contributed by atoms with van der Waals surface area (Å²) in [6.45, 7) is 4.57. The summed E-state index contributed by atoms with van der Waals surface area (Å²) in [5.41, 5.74) is 1.67. The van der Waals surface area contributed by atoms with Crippen molar-refractivity contribution < 1.29 is 22.4 Å². The zero-order valence-corrected chi connectivity index (χ0v) is 28.1. The second-order valence-electron chi connectivity index (χ2n) is 11.0. The summed E-state index contributed by atoms with van der Waals surface area (Å²) in [5.74, 6) is -2.02. The number of carbonyl (C=O) groups excluding carboxylic acids is 2. The monoisotopic (exact) mass is 683 g/mol. The summed E-state index contributed by atoms with van der Waals surface area (Å²) in [7, 11) is -4.45. The Hall–Kier alpha value is -3.92. The summed E-state index contributed by atoms with van der Waals surface area (Å²) < 4.78 is 44.2. The number of aryl methyl sites for hydroxylation is 1. The minimum atomic E-state index is -4.45. The van der Waals surface area contributed by atoms with Crippen molar-refractivity contribution in [2.24, 2.45) is 0 Å². The number of amides is 2. The van der Waals surface area contributed by atoms with Gasteiger partial charge in [0, 0.05) is 34.6 Å². The Balaban J connectivity index is 1.85. The number of carbonyl (C=O) groups is 2. The van der Waals surface area contributed by atoms with Crippen molar-refractivity contribution in [3.63, 3.8) is 0 Å². The van der Waals surface area contributed by atoms with Crippen molar-refractivity contribution in [3.05, 3.63) is 130 Å². The number of hydrogen-bond donors (Lipinski definition) is 1. The molecule has 242 valence electrons. The van der Waals surface area contributed by atoms with E-state index in [9.17, 15) is 18.0 Å². The molecule has 0 aliphatic carbocycles. The molecular formula is C35H36Cl2FN3O4S. The molecule has 0 unspecified atom stereocenters. The molecule has 0 aromatic heterocycles. The number of anilines is 1. The molecule has 0 fully saturated rings. The first kappa shape index (κ1) is 34.9. The van der Waals surface area contributed by atoms with Gasteiger partial charge >= 0.3 is 0 Å². The third-order valence-corrected chi connectivity index (χ3v) is 10.2. The van der Waals surface area contributed by atoms with Crippen LogP contribution in [-0.4, -0.2) is 43.8 Å². The van der Waals surface area contributed by atoms with E-state index in [1.165, 1.54) is 35.2 Å². The van der Waals surface area contributed by atoms with Crippen molar-refractivity contribution in [2.75, 3.05) is 10.8 Å². The standard InChI is InChI=1S/C35H36Cl2FN3O4S/c1-4-25(3)39-35(43)33(21-26-11-6-5-7-12-26)40(22-28-29(36)13-10-14-30(28)37)34(42)23-41(32-16-9-8-15-31(32)38)46(44,45)27-19-17-24(2)18-20-27/h5-20,25,33H,4,21-23H2,1-3H3,(H,39,43)/t25-,33+/m1/s1. The van der Waals surface area contributed by atoms with Gasteiger partial charge in [0.1, 0.15) is 18.4 Å². The highest BCUT2D eigenvalue weighted by Gasteiger charge is 2.36. The maximum Gasteiger partial charge on any atom is 0.264 e. The number of nitrogens with one attached hydrogen (secondary N) is 1.